The fourth-order valence-electron chi connectivity index (χ4n) is 2.41. The molecule has 7 heteroatoms. The van der Waals surface area contributed by atoms with E-state index < -0.39 is 5.97 Å². The Morgan fingerprint density at radius 2 is 2.05 bits per heavy atom. The maximum atomic E-state index is 11.3. The van der Waals surface area contributed by atoms with E-state index in [1.54, 1.807) is 4.68 Å². The number of aromatic nitrogens is 4. The van der Waals surface area contributed by atoms with E-state index in [4.69, 9.17) is 0 Å². The Labute approximate surface area is 130 Å². The zero-order valence-corrected chi connectivity index (χ0v) is 12.3. The summed E-state index contributed by atoms with van der Waals surface area (Å²) >= 11 is 1.44. The molecule has 110 valence electrons. The first-order chi connectivity index (χ1) is 10.7. The van der Waals surface area contributed by atoms with Crippen molar-refractivity contribution in [1.29, 1.82) is 0 Å². The van der Waals surface area contributed by atoms with Crippen LogP contribution in [0.2, 0.25) is 0 Å². The van der Waals surface area contributed by atoms with Crippen molar-refractivity contribution in [2.24, 2.45) is 0 Å². The number of thiazole rings is 1. The summed E-state index contributed by atoms with van der Waals surface area (Å²) in [6.45, 7) is 0. The second kappa shape index (κ2) is 5.03. The van der Waals surface area contributed by atoms with E-state index in [1.165, 1.54) is 11.3 Å². The van der Waals surface area contributed by atoms with Gasteiger partial charge in [-0.2, -0.15) is 4.68 Å². The molecule has 0 bridgehead atoms. The van der Waals surface area contributed by atoms with Gasteiger partial charge in [-0.05, 0) is 12.8 Å². The van der Waals surface area contributed by atoms with Crippen LogP contribution in [-0.2, 0) is 0 Å². The topological polar surface area (TPSA) is 80.9 Å². The molecule has 2 aromatic heterocycles. The highest BCUT2D eigenvalue weighted by molar-refractivity contribution is 7.12. The van der Waals surface area contributed by atoms with E-state index in [1.807, 2.05) is 35.7 Å². The molecule has 3 aromatic rings. The number of hydrogen-bond acceptors (Lipinski definition) is 5. The highest BCUT2D eigenvalue weighted by Gasteiger charge is 2.34. The summed E-state index contributed by atoms with van der Waals surface area (Å²) in [4.78, 5) is 15.9. The lowest BCUT2D eigenvalue weighted by Gasteiger charge is -2.01. The number of carboxylic acids is 1. The highest BCUT2D eigenvalue weighted by Crippen LogP contribution is 2.42. The summed E-state index contributed by atoms with van der Waals surface area (Å²) in [5, 5.41) is 19.7. The van der Waals surface area contributed by atoms with Crippen molar-refractivity contribution in [3.05, 3.63) is 47.1 Å². The molecule has 1 aliphatic carbocycles. The van der Waals surface area contributed by atoms with Gasteiger partial charge >= 0.3 is 5.97 Å². The number of carboxylic acid groups (broad SMARTS) is 1. The van der Waals surface area contributed by atoms with Crippen LogP contribution in [0.4, 0.5) is 0 Å². The quantitative estimate of drug-likeness (QED) is 0.801. The fraction of sp³-hybridized carbons (Fsp3) is 0.200. The molecule has 0 radical (unpaired) electrons. The normalized spacial score (nSPS) is 14.2. The lowest BCUT2D eigenvalue weighted by molar-refractivity contribution is 0.0689. The maximum Gasteiger partial charge on any atom is 0.358 e. The molecular weight excluding hydrogens is 300 g/mol. The summed E-state index contributed by atoms with van der Waals surface area (Å²) in [5.74, 6) is -0.807. The molecule has 1 saturated carbocycles. The van der Waals surface area contributed by atoms with Crippen LogP contribution < -0.4 is 0 Å². The number of benzene rings is 1. The fourth-order valence-corrected chi connectivity index (χ4v) is 3.20. The molecule has 0 atom stereocenters. The zero-order chi connectivity index (χ0) is 15.1. The lowest BCUT2D eigenvalue weighted by Crippen LogP contribution is -2.05. The van der Waals surface area contributed by atoms with Crippen molar-refractivity contribution in [3.8, 4) is 16.4 Å². The summed E-state index contributed by atoms with van der Waals surface area (Å²) in [6, 6.07) is 9.86. The molecule has 2 heterocycles. The van der Waals surface area contributed by atoms with Crippen molar-refractivity contribution in [2.75, 3.05) is 0 Å². The Hall–Kier alpha value is -2.54. The summed E-state index contributed by atoms with van der Waals surface area (Å²) in [7, 11) is 0. The minimum absolute atomic E-state index is 0.0407. The van der Waals surface area contributed by atoms with Crippen molar-refractivity contribution < 1.29 is 9.90 Å². The van der Waals surface area contributed by atoms with Gasteiger partial charge in [0.2, 0.25) is 5.13 Å². The maximum absolute atomic E-state index is 11.3. The summed E-state index contributed by atoms with van der Waals surface area (Å²) in [6.07, 6.45) is 1.95. The Kier molecular flexibility index (Phi) is 3.00. The zero-order valence-electron chi connectivity index (χ0n) is 11.5. The second-order valence-corrected chi connectivity index (χ2v) is 6.03. The molecule has 0 spiro atoms. The Morgan fingerprint density at radius 1 is 1.27 bits per heavy atom. The number of nitrogens with zero attached hydrogens (tertiary/aromatic N) is 4. The van der Waals surface area contributed by atoms with E-state index in [0.29, 0.717) is 10.8 Å². The smallest absolute Gasteiger partial charge is 0.358 e. The SMILES string of the molecule is O=C(O)c1nnn(-c2nc(-c3ccccc3)cs2)c1C1CC1. The van der Waals surface area contributed by atoms with E-state index in [0.717, 1.165) is 24.1 Å². The predicted molar refractivity (Wildman–Crippen MR) is 81.4 cm³/mol. The van der Waals surface area contributed by atoms with Crippen LogP contribution in [0.5, 0.6) is 0 Å². The minimum Gasteiger partial charge on any atom is -0.476 e. The summed E-state index contributed by atoms with van der Waals surface area (Å²) < 4.78 is 1.58. The van der Waals surface area contributed by atoms with Gasteiger partial charge in [-0.25, -0.2) is 9.78 Å². The number of rotatable bonds is 4. The number of aromatic carboxylic acids is 1. The van der Waals surface area contributed by atoms with Crippen molar-refractivity contribution in [3.63, 3.8) is 0 Å². The van der Waals surface area contributed by atoms with Crippen LogP contribution in [0, 0.1) is 0 Å². The van der Waals surface area contributed by atoms with Gasteiger partial charge in [0.05, 0.1) is 11.4 Å². The first-order valence-electron chi connectivity index (χ1n) is 6.94. The molecule has 6 nitrogen and oxygen atoms in total. The molecule has 0 amide bonds. The standard InChI is InChI=1S/C15H12N4O2S/c20-14(21)12-13(10-6-7-10)19(18-17-12)15-16-11(8-22-15)9-4-2-1-3-5-9/h1-5,8,10H,6-7H2,(H,20,21). The van der Waals surface area contributed by atoms with Gasteiger partial charge in [-0.15, -0.1) is 16.4 Å². The van der Waals surface area contributed by atoms with Crippen molar-refractivity contribution in [2.45, 2.75) is 18.8 Å². The number of hydrogen-bond donors (Lipinski definition) is 1. The first kappa shape index (κ1) is 13.1. The van der Waals surface area contributed by atoms with Crippen LogP contribution in [0.1, 0.15) is 34.9 Å². The van der Waals surface area contributed by atoms with Crippen LogP contribution in [-0.4, -0.2) is 31.1 Å². The molecule has 0 aliphatic heterocycles. The van der Waals surface area contributed by atoms with Gasteiger partial charge < -0.3 is 5.11 Å². The molecule has 0 unspecified atom stereocenters. The molecule has 1 aliphatic rings. The molecule has 1 N–H and O–H groups in total. The van der Waals surface area contributed by atoms with Gasteiger partial charge in [0.1, 0.15) is 0 Å². The molecular formula is C15H12N4O2S. The van der Waals surface area contributed by atoms with E-state index in [2.05, 4.69) is 15.3 Å². The van der Waals surface area contributed by atoms with Crippen LogP contribution in [0.25, 0.3) is 16.4 Å². The van der Waals surface area contributed by atoms with Gasteiger partial charge in [-0.1, -0.05) is 35.5 Å². The van der Waals surface area contributed by atoms with E-state index in [-0.39, 0.29) is 11.6 Å². The number of carbonyl (C=O) groups is 1. The van der Waals surface area contributed by atoms with Gasteiger partial charge in [0.25, 0.3) is 0 Å². The minimum atomic E-state index is -1.03. The Balaban J connectivity index is 1.77. The van der Waals surface area contributed by atoms with E-state index >= 15 is 0 Å². The molecule has 1 fully saturated rings. The Bertz CT molecular complexity index is 836. The molecule has 1 aromatic carbocycles. The third kappa shape index (κ3) is 2.19. The third-order valence-electron chi connectivity index (χ3n) is 3.61. The van der Waals surface area contributed by atoms with Gasteiger partial charge in [0.15, 0.2) is 5.69 Å². The molecule has 4 rings (SSSR count). The van der Waals surface area contributed by atoms with Crippen molar-refractivity contribution in [1.82, 2.24) is 20.0 Å². The average molecular weight is 312 g/mol. The Morgan fingerprint density at radius 3 is 2.73 bits per heavy atom. The summed E-state index contributed by atoms with van der Waals surface area (Å²) in [5.41, 5.74) is 2.59. The van der Waals surface area contributed by atoms with Crippen LogP contribution in [0.15, 0.2) is 35.7 Å². The van der Waals surface area contributed by atoms with E-state index in [9.17, 15) is 9.90 Å². The monoisotopic (exact) mass is 312 g/mol. The van der Waals surface area contributed by atoms with Crippen LogP contribution in [0.3, 0.4) is 0 Å². The lowest BCUT2D eigenvalue weighted by atomic mass is 10.2. The largest absolute Gasteiger partial charge is 0.476 e. The van der Waals surface area contributed by atoms with Crippen molar-refractivity contribution >= 4 is 17.3 Å². The molecule has 0 saturated heterocycles. The second-order valence-electron chi connectivity index (χ2n) is 5.20. The van der Waals surface area contributed by atoms with Crippen LogP contribution >= 0.6 is 11.3 Å². The first-order valence-corrected chi connectivity index (χ1v) is 7.82. The average Bonchev–Trinajstić information content (AvgIpc) is 3.09. The predicted octanol–water partition coefficient (Wildman–Crippen LogP) is 2.97. The van der Waals surface area contributed by atoms with Gasteiger partial charge in [0, 0.05) is 16.9 Å². The highest BCUT2D eigenvalue weighted by atomic mass is 32.1. The van der Waals surface area contributed by atoms with Gasteiger partial charge in [-0.3, -0.25) is 0 Å². The molecule has 22 heavy (non-hydrogen) atoms. The third-order valence-corrected chi connectivity index (χ3v) is 4.43.